The fraction of sp³-hybridized carbons (Fsp3) is 0.909. The van der Waals surface area contributed by atoms with Crippen molar-refractivity contribution in [1.82, 2.24) is 4.90 Å². The van der Waals surface area contributed by atoms with Crippen LogP contribution in [0.25, 0.3) is 0 Å². The Morgan fingerprint density at radius 3 is 2.94 bits per heavy atom. The monoisotopic (exact) mass is 246 g/mol. The van der Waals surface area contributed by atoms with Crippen LogP contribution in [0, 0.1) is 5.92 Å². The van der Waals surface area contributed by atoms with Crippen molar-refractivity contribution in [2.75, 3.05) is 25.1 Å². The molecule has 1 fully saturated rings. The van der Waals surface area contributed by atoms with E-state index in [9.17, 15) is 9.90 Å². The van der Waals surface area contributed by atoms with Crippen LogP contribution < -0.4 is 5.73 Å². The quantitative estimate of drug-likeness (QED) is 0.748. The van der Waals surface area contributed by atoms with Gasteiger partial charge in [-0.15, -0.1) is 0 Å². The van der Waals surface area contributed by atoms with Crippen LogP contribution in [-0.2, 0) is 4.79 Å². The van der Waals surface area contributed by atoms with Crippen molar-refractivity contribution in [3.63, 3.8) is 0 Å². The number of carbonyl (C=O) groups excluding carboxylic acids is 1. The molecule has 0 aliphatic carbocycles. The van der Waals surface area contributed by atoms with Crippen LogP contribution in [-0.4, -0.2) is 53.2 Å². The van der Waals surface area contributed by atoms with E-state index in [2.05, 4.69) is 0 Å². The molecule has 0 radical (unpaired) electrons. The number of hydrogen-bond acceptors (Lipinski definition) is 4. The Hall–Kier alpha value is -0.260. The molecule has 1 saturated heterocycles. The van der Waals surface area contributed by atoms with Gasteiger partial charge in [-0.05, 0) is 30.8 Å². The Bertz CT molecular complexity index is 238. The minimum atomic E-state index is -0.409. The molecule has 1 rings (SSSR count). The molecule has 5 heteroatoms. The first-order valence-corrected chi connectivity index (χ1v) is 7.17. The van der Waals surface area contributed by atoms with Crippen molar-refractivity contribution < 1.29 is 9.90 Å². The van der Waals surface area contributed by atoms with Crippen LogP contribution in [0.15, 0.2) is 0 Å². The molecule has 3 N–H and O–H groups in total. The highest BCUT2D eigenvalue weighted by Gasteiger charge is 2.29. The number of rotatable bonds is 4. The van der Waals surface area contributed by atoms with Gasteiger partial charge in [-0.1, -0.05) is 6.92 Å². The second-order valence-electron chi connectivity index (χ2n) is 4.51. The molecule has 0 bridgehead atoms. The smallest absolute Gasteiger partial charge is 0.239 e. The molecule has 4 nitrogen and oxygen atoms in total. The molecule has 1 aliphatic heterocycles. The van der Waals surface area contributed by atoms with Gasteiger partial charge in [-0.2, -0.15) is 11.8 Å². The Morgan fingerprint density at radius 1 is 1.69 bits per heavy atom. The summed E-state index contributed by atoms with van der Waals surface area (Å²) in [5, 5.41) is 9.72. The molecule has 1 amide bonds. The van der Waals surface area contributed by atoms with Crippen molar-refractivity contribution in [3.8, 4) is 0 Å². The van der Waals surface area contributed by atoms with E-state index in [1.807, 2.05) is 13.2 Å². The Balaban J connectivity index is 2.42. The summed E-state index contributed by atoms with van der Waals surface area (Å²) in [6.45, 7) is 3.18. The first kappa shape index (κ1) is 13.8. The molecule has 0 aromatic carbocycles. The average molecular weight is 246 g/mol. The van der Waals surface area contributed by atoms with Gasteiger partial charge in [-0.3, -0.25) is 4.79 Å². The third kappa shape index (κ3) is 3.64. The average Bonchev–Trinajstić information content (AvgIpc) is 2.28. The lowest BCUT2D eigenvalue weighted by Gasteiger charge is -2.35. The van der Waals surface area contributed by atoms with Gasteiger partial charge < -0.3 is 15.7 Å². The van der Waals surface area contributed by atoms with Gasteiger partial charge in [0.15, 0.2) is 0 Å². The van der Waals surface area contributed by atoms with E-state index in [-0.39, 0.29) is 11.8 Å². The Labute approximate surface area is 102 Å². The van der Waals surface area contributed by atoms with E-state index < -0.39 is 12.1 Å². The number of piperidine rings is 1. The summed E-state index contributed by atoms with van der Waals surface area (Å²) in [5.74, 6) is 1.17. The van der Waals surface area contributed by atoms with Gasteiger partial charge >= 0.3 is 0 Å². The lowest BCUT2D eigenvalue weighted by molar-refractivity contribution is -0.136. The van der Waals surface area contributed by atoms with E-state index in [4.69, 9.17) is 5.73 Å². The summed E-state index contributed by atoms with van der Waals surface area (Å²) in [7, 11) is 0. The third-order valence-electron chi connectivity index (χ3n) is 3.18. The molecule has 3 atom stereocenters. The zero-order chi connectivity index (χ0) is 12.1. The van der Waals surface area contributed by atoms with Crippen molar-refractivity contribution in [2.45, 2.75) is 31.9 Å². The largest absolute Gasteiger partial charge is 0.391 e. The minimum absolute atomic E-state index is 0.0139. The zero-order valence-electron chi connectivity index (χ0n) is 10.1. The van der Waals surface area contributed by atoms with Gasteiger partial charge in [0.2, 0.25) is 5.91 Å². The molecule has 0 aromatic heterocycles. The highest BCUT2D eigenvalue weighted by molar-refractivity contribution is 7.98. The van der Waals surface area contributed by atoms with E-state index in [1.165, 1.54) is 0 Å². The number of aliphatic hydroxyl groups is 1. The predicted molar refractivity (Wildman–Crippen MR) is 67.3 cm³/mol. The van der Waals surface area contributed by atoms with Gasteiger partial charge in [0.25, 0.3) is 0 Å². The molecule has 0 aromatic rings. The van der Waals surface area contributed by atoms with Crippen molar-refractivity contribution in [3.05, 3.63) is 0 Å². The van der Waals surface area contributed by atoms with Crippen LogP contribution >= 0.6 is 11.8 Å². The number of hydrogen-bond donors (Lipinski definition) is 2. The van der Waals surface area contributed by atoms with E-state index >= 15 is 0 Å². The number of thioether (sulfide) groups is 1. The second kappa shape index (κ2) is 6.47. The number of amides is 1. The molecule has 0 spiro atoms. The van der Waals surface area contributed by atoms with Crippen LogP contribution in [0.1, 0.15) is 19.8 Å². The number of nitrogens with two attached hydrogens (primary N) is 1. The highest BCUT2D eigenvalue weighted by atomic mass is 32.2. The number of nitrogens with zero attached hydrogens (tertiary/aromatic N) is 1. The molecule has 94 valence electrons. The maximum atomic E-state index is 11.9. The normalized spacial score (nSPS) is 27.9. The van der Waals surface area contributed by atoms with E-state index in [0.29, 0.717) is 13.0 Å². The third-order valence-corrected chi connectivity index (χ3v) is 3.82. The standard InChI is InChI=1S/C11H22N2O2S/c1-8-3-5-13(7-10(8)14)11(15)9(12)4-6-16-2/h8-10,14H,3-7,12H2,1-2H3/t8?,9-,10?/m1/s1. The molecule has 0 saturated carbocycles. The number of carbonyl (C=O) groups is 1. The lowest BCUT2D eigenvalue weighted by Crippen LogP contribution is -2.51. The summed E-state index contributed by atoms with van der Waals surface area (Å²) in [6.07, 6.45) is 3.18. The number of likely N-dealkylation sites (tertiary alicyclic amines) is 1. The summed E-state index contributed by atoms with van der Waals surface area (Å²) in [4.78, 5) is 13.6. The number of aliphatic hydroxyl groups excluding tert-OH is 1. The molecular formula is C11H22N2O2S. The highest BCUT2D eigenvalue weighted by Crippen LogP contribution is 2.17. The van der Waals surface area contributed by atoms with Gasteiger partial charge in [0.05, 0.1) is 12.1 Å². The summed E-state index contributed by atoms with van der Waals surface area (Å²) in [6, 6.07) is -0.409. The summed E-state index contributed by atoms with van der Waals surface area (Å²) < 4.78 is 0. The van der Waals surface area contributed by atoms with E-state index in [0.717, 1.165) is 18.7 Å². The Kier molecular flexibility index (Phi) is 5.58. The summed E-state index contributed by atoms with van der Waals surface area (Å²) in [5.41, 5.74) is 5.83. The number of β-amino-alcohol motifs (C(OH)–C–C–N with tert-alkyl or cyclic N) is 1. The van der Waals surface area contributed by atoms with Gasteiger partial charge in [0, 0.05) is 13.1 Å². The van der Waals surface area contributed by atoms with Crippen LogP contribution in [0.3, 0.4) is 0 Å². The minimum Gasteiger partial charge on any atom is -0.391 e. The molecule has 1 aliphatic rings. The van der Waals surface area contributed by atoms with Gasteiger partial charge in [0.1, 0.15) is 0 Å². The first-order chi connectivity index (χ1) is 7.56. The maximum absolute atomic E-state index is 11.9. The SMILES string of the molecule is CSCC[C@@H](N)C(=O)N1CCC(C)C(O)C1. The van der Waals surface area contributed by atoms with Crippen molar-refractivity contribution in [2.24, 2.45) is 11.7 Å². The fourth-order valence-electron chi connectivity index (χ4n) is 1.85. The van der Waals surface area contributed by atoms with Crippen molar-refractivity contribution in [1.29, 1.82) is 0 Å². The van der Waals surface area contributed by atoms with Gasteiger partial charge in [-0.25, -0.2) is 0 Å². The van der Waals surface area contributed by atoms with E-state index in [1.54, 1.807) is 16.7 Å². The maximum Gasteiger partial charge on any atom is 0.239 e. The fourth-order valence-corrected chi connectivity index (χ4v) is 2.34. The Morgan fingerprint density at radius 2 is 2.38 bits per heavy atom. The van der Waals surface area contributed by atoms with Crippen LogP contribution in [0.5, 0.6) is 0 Å². The van der Waals surface area contributed by atoms with Crippen molar-refractivity contribution >= 4 is 17.7 Å². The van der Waals surface area contributed by atoms with Crippen LogP contribution in [0.4, 0.5) is 0 Å². The molecular weight excluding hydrogens is 224 g/mol. The topological polar surface area (TPSA) is 66.6 Å². The second-order valence-corrected chi connectivity index (χ2v) is 5.49. The first-order valence-electron chi connectivity index (χ1n) is 5.77. The molecule has 16 heavy (non-hydrogen) atoms. The predicted octanol–water partition coefficient (Wildman–Crippen LogP) is 0.296. The van der Waals surface area contributed by atoms with Crippen LogP contribution in [0.2, 0.25) is 0 Å². The summed E-state index contributed by atoms with van der Waals surface area (Å²) >= 11 is 1.69. The molecule has 2 unspecified atom stereocenters. The zero-order valence-corrected chi connectivity index (χ0v) is 10.9. The molecule has 1 heterocycles. The lowest BCUT2D eigenvalue weighted by atomic mass is 9.95.